The highest BCUT2D eigenvalue weighted by atomic mass is 35.5. The standard InChI is InChI=1S/C18H34N4O.3ClH/c1-21-11-7-18(8-12-21,22-9-3-2-4-10-22)14-20-17(23)15-5-6-16(19)13-15;;;/h15-16H,2-14,19H2,1H3,(H,20,23);3*1H. The van der Waals surface area contributed by atoms with Gasteiger partial charge in [0, 0.05) is 24.0 Å². The number of hydrogen-bond acceptors (Lipinski definition) is 4. The van der Waals surface area contributed by atoms with Crippen molar-refractivity contribution < 1.29 is 4.79 Å². The maximum absolute atomic E-state index is 12.5. The Morgan fingerprint density at radius 3 is 2.19 bits per heavy atom. The second-order valence-electron chi connectivity index (χ2n) is 8.06. The molecular formula is C18H37Cl3N4O. The molecule has 5 nitrogen and oxygen atoms in total. The summed E-state index contributed by atoms with van der Waals surface area (Å²) in [4.78, 5) is 17.6. The second-order valence-corrected chi connectivity index (χ2v) is 8.06. The lowest BCUT2D eigenvalue weighted by atomic mass is 9.84. The number of likely N-dealkylation sites (tertiary alicyclic amines) is 2. The van der Waals surface area contributed by atoms with Crippen molar-refractivity contribution in [3.05, 3.63) is 0 Å². The molecule has 1 amide bonds. The van der Waals surface area contributed by atoms with Crippen molar-refractivity contribution >= 4 is 43.1 Å². The van der Waals surface area contributed by atoms with Crippen LogP contribution in [0.25, 0.3) is 0 Å². The van der Waals surface area contributed by atoms with Gasteiger partial charge in [-0.1, -0.05) is 6.42 Å². The Kier molecular flexibility index (Phi) is 12.0. The molecule has 26 heavy (non-hydrogen) atoms. The van der Waals surface area contributed by atoms with E-state index in [1.54, 1.807) is 0 Å². The predicted molar refractivity (Wildman–Crippen MR) is 115 cm³/mol. The lowest BCUT2D eigenvalue weighted by molar-refractivity contribution is -0.126. The molecule has 3 aliphatic rings. The number of carbonyl (C=O) groups excluding carboxylic acids is 1. The topological polar surface area (TPSA) is 61.6 Å². The lowest BCUT2D eigenvalue weighted by Crippen LogP contribution is -2.61. The van der Waals surface area contributed by atoms with Crippen molar-refractivity contribution in [2.45, 2.75) is 62.9 Å². The first-order valence-electron chi connectivity index (χ1n) is 9.56. The highest BCUT2D eigenvalue weighted by molar-refractivity contribution is 5.86. The molecule has 1 saturated carbocycles. The number of rotatable bonds is 4. The molecule has 8 heteroatoms. The van der Waals surface area contributed by atoms with Gasteiger partial charge in [-0.3, -0.25) is 9.69 Å². The molecule has 0 aromatic heterocycles. The summed E-state index contributed by atoms with van der Waals surface area (Å²) in [5.41, 5.74) is 6.15. The Bertz CT molecular complexity index is 413. The molecule has 3 fully saturated rings. The summed E-state index contributed by atoms with van der Waals surface area (Å²) in [6.07, 6.45) is 9.16. The molecular weight excluding hydrogens is 395 g/mol. The highest BCUT2D eigenvalue weighted by Crippen LogP contribution is 2.31. The van der Waals surface area contributed by atoms with Crippen LogP contribution in [0.3, 0.4) is 0 Å². The summed E-state index contributed by atoms with van der Waals surface area (Å²) < 4.78 is 0. The largest absolute Gasteiger partial charge is 0.354 e. The monoisotopic (exact) mass is 430 g/mol. The number of hydrogen-bond donors (Lipinski definition) is 2. The first-order valence-corrected chi connectivity index (χ1v) is 9.56. The van der Waals surface area contributed by atoms with E-state index in [0.29, 0.717) is 0 Å². The van der Waals surface area contributed by atoms with Crippen LogP contribution in [0.2, 0.25) is 0 Å². The number of nitrogens with two attached hydrogens (primary N) is 1. The van der Waals surface area contributed by atoms with E-state index < -0.39 is 0 Å². The molecule has 0 aromatic carbocycles. The zero-order valence-corrected chi connectivity index (χ0v) is 18.4. The van der Waals surface area contributed by atoms with E-state index in [0.717, 1.165) is 38.9 Å². The molecule has 3 N–H and O–H groups in total. The van der Waals surface area contributed by atoms with Gasteiger partial charge in [-0.2, -0.15) is 0 Å². The highest BCUT2D eigenvalue weighted by Gasteiger charge is 2.40. The van der Waals surface area contributed by atoms with Crippen LogP contribution < -0.4 is 11.1 Å². The molecule has 0 spiro atoms. The zero-order chi connectivity index (χ0) is 16.3. The fourth-order valence-electron chi connectivity index (χ4n) is 4.66. The van der Waals surface area contributed by atoms with Crippen LogP contribution in [0.15, 0.2) is 0 Å². The van der Waals surface area contributed by atoms with Crippen LogP contribution >= 0.6 is 37.2 Å². The number of amides is 1. The maximum atomic E-state index is 12.5. The Hall–Kier alpha value is 0.220. The molecule has 2 atom stereocenters. The Balaban J connectivity index is 0.00000208. The normalized spacial score (nSPS) is 29.0. The molecule has 0 bridgehead atoms. The molecule has 0 aromatic rings. The van der Waals surface area contributed by atoms with Crippen LogP contribution in [-0.2, 0) is 4.79 Å². The van der Waals surface area contributed by atoms with Gasteiger partial charge < -0.3 is 16.0 Å². The van der Waals surface area contributed by atoms with Crippen LogP contribution in [0.1, 0.15) is 51.4 Å². The van der Waals surface area contributed by atoms with Gasteiger partial charge in [0.2, 0.25) is 5.91 Å². The average molecular weight is 432 g/mol. The van der Waals surface area contributed by atoms with E-state index >= 15 is 0 Å². The second kappa shape index (κ2) is 11.9. The number of halogens is 3. The smallest absolute Gasteiger partial charge is 0.223 e. The van der Waals surface area contributed by atoms with E-state index in [4.69, 9.17) is 5.73 Å². The van der Waals surface area contributed by atoms with Gasteiger partial charge in [-0.25, -0.2) is 0 Å². The summed E-state index contributed by atoms with van der Waals surface area (Å²) in [5, 5.41) is 3.31. The van der Waals surface area contributed by atoms with E-state index in [1.807, 2.05) is 0 Å². The zero-order valence-electron chi connectivity index (χ0n) is 16.0. The summed E-state index contributed by atoms with van der Waals surface area (Å²) in [6.45, 7) is 5.51. The number of piperidine rings is 2. The van der Waals surface area contributed by atoms with Crippen molar-refractivity contribution in [1.82, 2.24) is 15.1 Å². The first-order chi connectivity index (χ1) is 11.1. The van der Waals surface area contributed by atoms with Crippen molar-refractivity contribution in [3.63, 3.8) is 0 Å². The van der Waals surface area contributed by atoms with Gasteiger partial charge in [0.25, 0.3) is 0 Å². The average Bonchev–Trinajstić information content (AvgIpc) is 3.02. The quantitative estimate of drug-likeness (QED) is 0.717. The molecule has 2 heterocycles. The van der Waals surface area contributed by atoms with E-state index in [-0.39, 0.29) is 60.6 Å². The van der Waals surface area contributed by atoms with Gasteiger partial charge in [-0.15, -0.1) is 37.2 Å². The fraction of sp³-hybridized carbons (Fsp3) is 0.944. The maximum Gasteiger partial charge on any atom is 0.223 e. The lowest BCUT2D eigenvalue weighted by Gasteiger charge is -2.50. The number of nitrogens with one attached hydrogen (secondary N) is 1. The van der Waals surface area contributed by atoms with Gasteiger partial charge >= 0.3 is 0 Å². The molecule has 2 saturated heterocycles. The van der Waals surface area contributed by atoms with Gasteiger partial charge in [0.05, 0.1) is 0 Å². The van der Waals surface area contributed by atoms with Crippen molar-refractivity contribution in [1.29, 1.82) is 0 Å². The Morgan fingerprint density at radius 1 is 1.04 bits per heavy atom. The van der Waals surface area contributed by atoms with E-state index in [1.165, 1.54) is 45.2 Å². The minimum atomic E-state index is 0. The van der Waals surface area contributed by atoms with Crippen LogP contribution in [0.5, 0.6) is 0 Å². The minimum absolute atomic E-state index is 0. The Morgan fingerprint density at radius 2 is 1.65 bits per heavy atom. The number of nitrogens with zero attached hydrogens (tertiary/aromatic N) is 2. The summed E-state index contributed by atoms with van der Waals surface area (Å²) >= 11 is 0. The van der Waals surface area contributed by atoms with Crippen molar-refractivity contribution in [2.75, 3.05) is 39.8 Å². The van der Waals surface area contributed by atoms with E-state index in [9.17, 15) is 4.79 Å². The number of carbonyl (C=O) groups is 1. The third-order valence-electron chi connectivity index (χ3n) is 6.38. The third kappa shape index (κ3) is 6.39. The fourth-order valence-corrected chi connectivity index (χ4v) is 4.66. The van der Waals surface area contributed by atoms with Gasteiger partial charge in [-0.05, 0) is 78.2 Å². The summed E-state index contributed by atoms with van der Waals surface area (Å²) in [5.74, 6) is 0.392. The van der Waals surface area contributed by atoms with Crippen LogP contribution in [0.4, 0.5) is 0 Å². The molecule has 2 unspecified atom stereocenters. The van der Waals surface area contributed by atoms with E-state index in [2.05, 4.69) is 22.2 Å². The van der Waals surface area contributed by atoms with Crippen LogP contribution in [0, 0.1) is 5.92 Å². The molecule has 1 aliphatic carbocycles. The van der Waals surface area contributed by atoms with Crippen molar-refractivity contribution in [2.24, 2.45) is 11.7 Å². The predicted octanol–water partition coefficient (Wildman–Crippen LogP) is 2.45. The first kappa shape index (κ1) is 26.2. The van der Waals surface area contributed by atoms with Gasteiger partial charge in [0.15, 0.2) is 0 Å². The third-order valence-corrected chi connectivity index (χ3v) is 6.38. The summed E-state index contributed by atoms with van der Waals surface area (Å²) in [7, 11) is 2.21. The Labute approximate surface area is 177 Å². The molecule has 3 rings (SSSR count). The van der Waals surface area contributed by atoms with Gasteiger partial charge in [0.1, 0.15) is 0 Å². The van der Waals surface area contributed by atoms with Crippen molar-refractivity contribution in [3.8, 4) is 0 Å². The SMILES string of the molecule is CN1CCC(CNC(=O)C2CCC(N)C2)(N2CCCCC2)CC1.Cl.Cl.Cl. The minimum Gasteiger partial charge on any atom is -0.354 e. The molecule has 2 aliphatic heterocycles. The summed E-state index contributed by atoms with van der Waals surface area (Å²) in [6, 6.07) is 0.227. The molecule has 156 valence electrons. The van der Waals surface area contributed by atoms with Crippen LogP contribution in [-0.4, -0.2) is 67.1 Å². The molecule has 0 radical (unpaired) electrons.